The first-order valence-corrected chi connectivity index (χ1v) is 8.75. The molecule has 0 aliphatic carbocycles. The maximum Gasteiger partial charge on any atom is 0.253 e. The summed E-state index contributed by atoms with van der Waals surface area (Å²) in [6.07, 6.45) is 2.76. The molecule has 2 heterocycles. The van der Waals surface area contributed by atoms with Crippen LogP contribution in [0.15, 0.2) is 42.6 Å². The molecule has 0 bridgehead atoms. The van der Waals surface area contributed by atoms with Crippen LogP contribution >= 0.6 is 23.2 Å². The Morgan fingerprint density at radius 3 is 2.67 bits per heavy atom. The summed E-state index contributed by atoms with van der Waals surface area (Å²) >= 11 is 11.9. The van der Waals surface area contributed by atoms with Gasteiger partial charge in [-0.3, -0.25) is 14.7 Å². The molecule has 2 aromatic rings. The lowest BCUT2D eigenvalue weighted by atomic mass is 10.2. The van der Waals surface area contributed by atoms with E-state index >= 15 is 0 Å². The van der Waals surface area contributed by atoms with Gasteiger partial charge in [0.1, 0.15) is 0 Å². The summed E-state index contributed by atoms with van der Waals surface area (Å²) in [4.78, 5) is 21.3. The van der Waals surface area contributed by atoms with Gasteiger partial charge < -0.3 is 4.90 Å². The number of halogens is 2. The van der Waals surface area contributed by atoms with Gasteiger partial charge in [-0.15, -0.1) is 0 Å². The van der Waals surface area contributed by atoms with Crippen LogP contribution in [0.25, 0.3) is 0 Å². The first kappa shape index (κ1) is 17.2. The summed E-state index contributed by atoms with van der Waals surface area (Å²) in [7, 11) is 0. The lowest BCUT2D eigenvalue weighted by Crippen LogP contribution is -2.35. The van der Waals surface area contributed by atoms with Crippen molar-refractivity contribution in [3.05, 3.63) is 63.9 Å². The van der Waals surface area contributed by atoms with Crippen molar-refractivity contribution in [1.29, 1.82) is 0 Å². The van der Waals surface area contributed by atoms with E-state index in [1.54, 1.807) is 18.2 Å². The standard InChI is InChI=1S/C18H19Cl2N3O/c19-16-6-5-14(12-17(16)20)18(24)23-9-3-8-22(10-11-23)13-15-4-1-2-7-21-15/h1-2,4-7,12H,3,8-11,13H2. The molecule has 6 heteroatoms. The van der Waals surface area contributed by atoms with Crippen LogP contribution in [0.4, 0.5) is 0 Å². The van der Waals surface area contributed by atoms with Crippen LogP contribution in [0.5, 0.6) is 0 Å². The van der Waals surface area contributed by atoms with Gasteiger partial charge in [-0.25, -0.2) is 0 Å². The van der Waals surface area contributed by atoms with Gasteiger partial charge in [0, 0.05) is 44.5 Å². The summed E-state index contributed by atoms with van der Waals surface area (Å²) in [6.45, 7) is 4.06. The first-order chi connectivity index (χ1) is 11.6. The number of nitrogens with zero attached hydrogens (tertiary/aromatic N) is 3. The number of pyridine rings is 1. The van der Waals surface area contributed by atoms with Gasteiger partial charge in [0.15, 0.2) is 0 Å². The molecule has 0 N–H and O–H groups in total. The molecule has 0 unspecified atom stereocenters. The maximum atomic E-state index is 12.7. The zero-order chi connectivity index (χ0) is 16.9. The molecule has 1 aromatic heterocycles. The van der Waals surface area contributed by atoms with Gasteiger partial charge in [0.05, 0.1) is 15.7 Å². The fraction of sp³-hybridized carbons (Fsp3) is 0.333. The summed E-state index contributed by atoms with van der Waals surface area (Å²) in [6, 6.07) is 11.0. The largest absolute Gasteiger partial charge is 0.337 e. The fourth-order valence-electron chi connectivity index (χ4n) is 2.86. The molecule has 24 heavy (non-hydrogen) atoms. The Labute approximate surface area is 152 Å². The molecule has 1 fully saturated rings. The van der Waals surface area contributed by atoms with Gasteiger partial charge >= 0.3 is 0 Å². The van der Waals surface area contributed by atoms with Crippen molar-refractivity contribution in [2.75, 3.05) is 26.2 Å². The van der Waals surface area contributed by atoms with Gasteiger partial charge in [0.25, 0.3) is 5.91 Å². The van der Waals surface area contributed by atoms with Crippen LogP contribution in [0, 0.1) is 0 Å². The predicted molar refractivity (Wildman–Crippen MR) is 96.5 cm³/mol. The molecule has 3 rings (SSSR count). The topological polar surface area (TPSA) is 36.4 Å². The third-order valence-electron chi connectivity index (χ3n) is 4.15. The van der Waals surface area contributed by atoms with Gasteiger partial charge in [0.2, 0.25) is 0 Å². The third-order valence-corrected chi connectivity index (χ3v) is 4.89. The molecule has 4 nitrogen and oxygen atoms in total. The van der Waals surface area contributed by atoms with E-state index < -0.39 is 0 Å². The minimum absolute atomic E-state index is 0.00764. The zero-order valence-corrected chi connectivity index (χ0v) is 14.8. The lowest BCUT2D eigenvalue weighted by molar-refractivity contribution is 0.0761. The molecule has 1 amide bonds. The van der Waals surface area contributed by atoms with Crippen molar-refractivity contribution in [1.82, 2.24) is 14.8 Å². The smallest absolute Gasteiger partial charge is 0.253 e. The SMILES string of the molecule is O=C(c1ccc(Cl)c(Cl)c1)N1CCCN(Cc2ccccn2)CC1. The van der Waals surface area contributed by atoms with Gasteiger partial charge in [-0.2, -0.15) is 0 Å². The number of carbonyl (C=O) groups excluding carboxylic acids is 1. The second-order valence-electron chi connectivity index (χ2n) is 5.87. The molecule has 0 spiro atoms. The second kappa shape index (κ2) is 7.97. The monoisotopic (exact) mass is 363 g/mol. The summed E-state index contributed by atoms with van der Waals surface area (Å²) in [5, 5.41) is 0.875. The number of hydrogen-bond donors (Lipinski definition) is 0. The van der Waals surface area contributed by atoms with Crippen LogP contribution < -0.4 is 0 Å². The van der Waals surface area contributed by atoms with E-state index in [-0.39, 0.29) is 5.91 Å². The highest BCUT2D eigenvalue weighted by Gasteiger charge is 2.21. The van der Waals surface area contributed by atoms with Crippen LogP contribution in [0.2, 0.25) is 10.0 Å². The van der Waals surface area contributed by atoms with Crippen molar-refractivity contribution < 1.29 is 4.79 Å². The van der Waals surface area contributed by atoms with E-state index in [1.165, 1.54) is 0 Å². The molecule has 0 radical (unpaired) electrons. The minimum Gasteiger partial charge on any atom is -0.337 e. The Kier molecular flexibility index (Phi) is 5.72. The van der Waals surface area contributed by atoms with Gasteiger partial charge in [-0.1, -0.05) is 29.3 Å². The summed E-state index contributed by atoms with van der Waals surface area (Å²) in [5.41, 5.74) is 1.64. The Morgan fingerprint density at radius 2 is 1.92 bits per heavy atom. The van der Waals surface area contributed by atoms with Crippen LogP contribution in [0.1, 0.15) is 22.5 Å². The number of rotatable bonds is 3. The minimum atomic E-state index is 0.00764. The van der Waals surface area contributed by atoms with Gasteiger partial charge in [-0.05, 0) is 36.8 Å². The lowest BCUT2D eigenvalue weighted by Gasteiger charge is -2.22. The number of carbonyl (C=O) groups is 1. The Bertz CT molecular complexity index is 709. The maximum absolute atomic E-state index is 12.7. The number of benzene rings is 1. The van der Waals surface area contributed by atoms with Crippen molar-refractivity contribution in [3.63, 3.8) is 0 Å². The van der Waals surface area contributed by atoms with Crippen molar-refractivity contribution in [2.24, 2.45) is 0 Å². The average molecular weight is 364 g/mol. The molecule has 1 aliphatic heterocycles. The molecule has 1 saturated heterocycles. The Morgan fingerprint density at radius 1 is 1.04 bits per heavy atom. The van der Waals surface area contributed by atoms with E-state index in [0.29, 0.717) is 22.2 Å². The number of amides is 1. The Balaban J connectivity index is 1.62. The first-order valence-electron chi connectivity index (χ1n) is 8.00. The molecule has 0 saturated carbocycles. The summed E-state index contributed by atoms with van der Waals surface area (Å²) in [5.74, 6) is 0.00764. The summed E-state index contributed by atoms with van der Waals surface area (Å²) < 4.78 is 0. The highest BCUT2D eigenvalue weighted by Crippen LogP contribution is 2.23. The quantitative estimate of drug-likeness (QED) is 0.833. The van der Waals surface area contributed by atoms with Crippen LogP contribution in [-0.2, 0) is 6.54 Å². The normalized spacial score (nSPS) is 16.0. The van der Waals surface area contributed by atoms with Crippen LogP contribution in [0.3, 0.4) is 0 Å². The molecular weight excluding hydrogens is 345 g/mol. The van der Waals surface area contributed by atoms with E-state index in [4.69, 9.17) is 23.2 Å². The number of aromatic nitrogens is 1. The van der Waals surface area contributed by atoms with Crippen molar-refractivity contribution in [3.8, 4) is 0 Å². The molecule has 1 aliphatic rings. The van der Waals surface area contributed by atoms with Crippen molar-refractivity contribution in [2.45, 2.75) is 13.0 Å². The highest BCUT2D eigenvalue weighted by molar-refractivity contribution is 6.42. The fourth-order valence-corrected chi connectivity index (χ4v) is 3.16. The van der Waals surface area contributed by atoms with E-state index in [9.17, 15) is 4.79 Å². The van der Waals surface area contributed by atoms with E-state index in [0.717, 1.165) is 38.3 Å². The molecular formula is C18H19Cl2N3O. The molecule has 0 atom stereocenters. The number of hydrogen-bond acceptors (Lipinski definition) is 3. The highest BCUT2D eigenvalue weighted by atomic mass is 35.5. The van der Waals surface area contributed by atoms with Crippen LogP contribution in [-0.4, -0.2) is 46.9 Å². The predicted octanol–water partition coefficient (Wildman–Crippen LogP) is 3.74. The second-order valence-corrected chi connectivity index (χ2v) is 6.69. The van der Waals surface area contributed by atoms with E-state index in [2.05, 4.69) is 9.88 Å². The average Bonchev–Trinajstić information content (AvgIpc) is 2.83. The van der Waals surface area contributed by atoms with Crippen molar-refractivity contribution >= 4 is 29.1 Å². The molecule has 126 valence electrons. The molecule has 1 aromatic carbocycles. The van der Waals surface area contributed by atoms with E-state index in [1.807, 2.05) is 29.3 Å². The Hall–Kier alpha value is -1.62. The third kappa shape index (κ3) is 4.26. The zero-order valence-electron chi connectivity index (χ0n) is 13.3.